The van der Waals surface area contributed by atoms with Crippen molar-refractivity contribution in [3.8, 4) is 0 Å². The van der Waals surface area contributed by atoms with E-state index in [0.717, 1.165) is 14.0 Å². The number of hydrogen-bond donors (Lipinski definition) is 0. The van der Waals surface area contributed by atoms with Crippen molar-refractivity contribution in [1.29, 1.82) is 0 Å². The van der Waals surface area contributed by atoms with Crippen LogP contribution in [0.3, 0.4) is 0 Å². The first-order valence-electron chi connectivity index (χ1n) is 3.73. The predicted molar refractivity (Wildman–Crippen MR) is 45.0 cm³/mol. The van der Waals surface area contributed by atoms with Gasteiger partial charge in [-0.1, -0.05) is 6.92 Å². The lowest BCUT2D eigenvalue weighted by Crippen LogP contribution is -2.24. The molecule has 0 N–H and O–H groups in total. The lowest BCUT2D eigenvalue weighted by Gasteiger charge is -2.11. The van der Waals surface area contributed by atoms with Gasteiger partial charge in [0.2, 0.25) is 0 Å². The summed E-state index contributed by atoms with van der Waals surface area (Å²) in [4.78, 5) is -0.782. The lowest BCUT2D eigenvalue weighted by molar-refractivity contribution is -0.0428. The molecule has 0 spiro atoms. The second kappa shape index (κ2) is 4.20. The molecule has 0 aromatic rings. The zero-order valence-corrected chi connectivity index (χ0v) is 8.79. The average Bonchev–Trinajstić information content (AvgIpc) is 2.04. The van der Waals surface area contributed by atoms with Crippen LogP contribution in [0.25, 0.3) is 0 Å². The molecule has 0 aromatic heterocycles. The summed E-state index contributed by atoms with van der Waals surface area (Å²) in [6, 6.07) is 0. The van der Waals surface area contributed by atoms with Crippen molar-refractivity contribution < 1.29 is 26.3 Å². The van der Waals surface area contributed by atoms with Gasteiger partial charge in [-0.3, -0.25) is 0 Å². The molecule has 0 atom stereocenters. The number of hydrogen-bond acceptors (Lipinski definition) is 3. The molecule has 0 saturated heterocycles. The molecule has 0 amide bonds. The highest BCUT2D eigenvalue weighted by Crippen LogP contribution is 2.31. The summed E-state index contributed by atoms with van der Waals surface area (Å²) in [5.74, 6) is -0.178. The number of sulfone groups is 1. The highest BCUT2D eigenvalue weighted by molar-refractivity contribution is 7.96. The number of halogens is 3. The van der Waals surface area contributed by atoms with Gasteiger partial charge >= 0.3 is 5.51 Å². The Labute approximate surface area is 80.5 Å². The molecule has 0 unspecified atom stereocenters. The van der Waals surface area contributed by atoms with Crippen molar-refractivity contribution in [3.63, 3.8) is 0 Å². The number of ether oxygens (including phenoxy) is 1. The Morgan fingerprint density at radius 1 is 1.36 bits per heavy atom. The Bertz CT molecular complexity index is 321. The van der Waals surface area contributed by atoms with Crippen LogP contribution in [0.4, 0.5) is 13.2 Å². The van der Waals surface area contributed by atoms with Crippen molar-refractivity contribution in [1.82, 2.24) is 0 Å². The van der Waals surface area contributed by atoms with Crippen molar-refractivity contribution in [2.75, 3.05) is 7.11 Å². The van der Waals surface area contributed by atoms with E-state index < -0.39 is 20.3 Å². The van der Waals surface area contributed by atoms with Crippen molar-refractivity contribution in [2.24, 2.45) is 0 Å². The number of rotatable bonds is 3. The van der Waals surface area contributed by atoms with E-state index >= 15 is 0 Å². The number of allylic oxidation sites excluding steroid dienone is 2. The topological polar surface area (TPSA) is 43.4 Å². The van der Waals surface area contributed by atoms with Gasteiger partial charge < -0.3 is 4.74 Å². The minimum atomic E-state index is -5.27. The third kappa shape index (κ3) is 2.40. The zero-order valence-electron chi connectivity index (χ0n) is 7.97. The van der Waals surface area contributed by atoms with Crippen molar-refractivity contribution in [3.05, 3.63) is 10.7 Å². The van der Waals surface area contributed by atoms with E-state index in [2.05, 4.69) is 4.74 Å². The summed E-state index contributed by atoms with van der Waals surface area (Å²) in [5, 5.41) is 0. The van der Waals surface area contributed by atoms with Gasteiger partial charge in [0.1, 0.15) is 5.76 Å². The summed E-state index contributed by atoms with van der Waals surface area (Å²) >= 11 is 0. The van der Waals surface area contributed by atoms with Gasteiger partial charge in [0.25, 0.3) is 9.84 Å². The largest absolute Gasteiger partial charge is 0.501 e. The second-order valence-corrected chi connectivity index (χ2v) is 4.57. The predicted octanol–water partition coefficient (Wildman–Crippen LogP) is 2.21. The molecule has 3 nitrogen and oxygen atoms in total. The normalized spacial score (nSPS) is 15.0. The molecule has 0 radical (unpaired) electrons. The third-order valence-electron chi connectivity index (χ3n) is 1.67. The standard InChI is InChI=1S/C7H11F3O3S/c1-4-6(13-3)5(2)14(11,12)7(8,9)10/h4H2,1-3H3/b6-5+. The number of methoxy groups -OCH3 is 1. The Hall–Kier alpha value is -0.720. The summed E-state index contributed by atoms with van der Waals surface area (Å²) in [7, 11) is -4.11. The van der Waals surface area contributed by atoms with Crippen molar-refractivity contribution in [2.45, 2.75) is 25.8 Å². The van der Waals surface area contributed by atoms with E-state index in [-0.39, 0.29) is 12.2 Å². The van der Waals surface area contributed by atoms with E-state index in [0.29, 0.717) is 0 Å². The SMILES string of the molecule is CC/C(OC)=C(/C)S(=O)(=O)C(F)(F)F. The van der Waals surface area contributed by atoms with E-state index in [1.807, 2.05) is 0 Å². The molecule has 0 bridgehead atoms. The smallest absolute Gasteiger partial charge is 0.500 e. The molecule has 0 aliphatic rings. The maximum atomic E-state index is 12.0. The fraction of sp³-hybridized carbons (Fsp3) is 0.714. The highest BCUT2D eigenvalue weighted by atomic mass is 32.2. The Balaban J connectivity index is 5.44. The quantitative estimate of drug-likeness (QED) is 0.701. The van der Waals surface area contributed by atoms with Crippen LogP contribution in [0, 0.1) is 0 Å². The van der Waals surface area contributed by atoms with E-state index in [9.17, 15) is 21.6 Å². The lowest BCUT2D eigenvalue weighted by atomic mass is 10.4. The Morgan fingerprint density at radius 3 is 2.00 bits per heavy atom. The molecular weight excluding hydrogens is 221 g/mol. The summed E-state index contributed by atoms with van der Waals surface area (Å²) in [5.41, 5.74) is -5.27. The summed E-state index contributed by atoms with van der Waals surface area (Å²) in [6.45, 7) is 2.39. The fourth-order valence-electron chi connectivity index (χ4n) is 0.860. The molecule has 0 saturated carbocycles. The van der Waals surface area contributed by atoms with Gasteiger partial charge in [0.15, 0.2) is 0 Å². The van der Waals surface area contributed by atoms with Crippen LogP contribution in [0.1, 0.15) is 20.3 Å². The van der Waals surface area contributed by atoms with Crippen LogP contribution in [-0.4, -0.2) is 21.0 Å². The van der Waals surface area contributed by atoms with E-state index in [1.54, 1.807) is 0 Å². The molecule has 0 rings (SSSR count). The molecular formula is C7H11F3O3S. The van der Waals surface area contributed by atoms with Gasteiger partial charge in [-0.05, 0) is 6.92 Å². The Kier molecular flexibility index (Phi) is 3.99. The van der Waals surface area contributed by atoms with Crippen LogP contribution in [-0.2, 0) is 14.6 Å². The molecule has 84 valence electrons. The Morgan fingerprint density at radius 2 is 1.79 bits per heavy atom. The zero-order chi connectivity index (χ0) is 11.6. The van der Waals surface area contributed by atoms with Crippen LogP contribution < -0.4 is 0 Å². The minimum absolute atomic E-state index is 0.0949. The third-order valence-corrected chi connectivity index (χ3v) is 3.31. The van der Waals surface area contributed by atoms with E-state index in [4.69, 9.17) is 0 Å². The summed E-state index contributed by atoms with van der Waals surface area (Å²) in [6.07, 6.45) is 0.0949. The average molecular weight is 232 g/mol. The fourth-order valence-corrected chi connectivity index (χ4v) is 1.74. The van der Waals surface area contributed by atoms with Crippen LogP contribution in [0.5, 0.6) is 0 Å². The van der Waals surface area contributed by atoms with Gasteiger partial charge in [0.05, 0.1) is 12.0 Å². The van der Waals surface area contributed by atoms with Crippen LogP contribution in [0.2, 0.25) is 0 Å². The van der Waals surface area contributed by atoms with Gasteiger partial charge in [-0.2, -0.15) is 13.2 Å². The molecule has 0 heterocycles. The summed E-state index contributed by atoms with van der Waals surface area (Å²) < 4.78 is 62.4. The maximum absolute atomic E-state index is 12.0. The van der Waals surface area contributed by atoms with E-state index in [1.165, 1.54) is 6.92 Å². The molecule has 14 heavy (non-hydrogen) atoms. The highest BCUT2D eigenvalue weighted by Gasteiger charge is 2.47. The molecule has 0 aliphatic heterocycles. The maximum Gasteiger partial charge on any atom is 0.501 e. The first kappa shape index (κ1) is 13.3. The number of alkyl halides is 3. The van der Waals surface area contributed by atoms with Gasteiger partial charge in [-0.15, -0.1) is 0 Å². The van der Waals surface area contributed by atoms with Crippen molar-refractivity contribution >= 4 is 9.84 Å². The second-order valence-electron chi connectivity index (χ2n) is 2.49. The molecule has 0 aromatic carbocycles. The minimum Gasteiger partial charge on any atom is -0.500 e. The molecule has 0 fully saturated rings. The van der Waals surface area contributed by atoms with Gasteiger partial charge in [-0.25, -0.2) is 8.42 Å². The first-order valence-corrected chi connectivity index (χ1v) is 5.21. The molecule has 0 aliphatic carbocycles. The van der Waals surface area contributed by atoms with Crippen LogP contribution in [0.15, 0.2) is 10.7 Å². The van der Waals surface area contributed by atoms with Crippen LogP contribution >= 0.6 is 0 Å². The molecule has 7 heteroatoms. The first-order chi connectivity index (χ1) is 6.18. The monoisotopic (exact) mass is 232 g/mol. The van der Waals surface area contributed by atoms with Gasteiger partial charge in [0, 0.05) is 6.42 Å².